The number of unbranched alkanes of at least 4 members (excludes halogenated alkanes) is 6. The molecule has 0 aliphatic rings. The van der Waals surface area contributed by atoms with Crippen molar-refractivity contribution in [2.24, 2.45) is 0 Å². The summed E-state index contributed by atoms with van der Waals surface area (Å²) in [6.07, 6.45) is 8.22. The van der Waals surface area contributed by atoms with Crippen LogP contribution in [0.25, 0.3) is 0 Å². The third kappa shape index (κ3) is 15.8. The van der Waals surface area contributed by atoms with Crippen LogP contribution in [0.4, 0.5) is 0 Å². The van der Waals surface area contributed by atoms with E-state index in [2.05, 4.69) is 45.2 Å². The van der Waals surface area contributed by atoms with Crippen LogP contribution in [0.3, 0.4) is 0 Å². The van der Waals surface area contributed by atoms with Crippen molar-refractivity contribution in [3.05, 3.63) is 0 Å². The molecule has 19 heavy (non-hydrogen) atoms. The number of hydrogen-bond donors (Lipinski definition) is 0. The molecule has 115 valence electrons. The molecule has 0 aromatic rings. The van der Waals surface area contributed by atoms with Crippen LogP contribution in [0.2, 0.25) is 0 Å². The molecular formula is C12H24I2O4P. The van der Waals surface area contributed by atoms with Gasteiger partial charge >= 0.3 is 7.82 Å². The van der Waals surface area contributed by atoms with E-state index in [4.69, 9.17) is 9.05 Å². The highest BCUT2D eigenvalue weighted by atomic mass is 127. The van der Waals surface area contributed by atoms with E-state index in [0.29, 0.717) is 0 Å². The second-order valence-electron chi connectivity index (χ2n) is 4.32. The second-order valence-corrected chi connectivity index (χ2v) is 7.89. The van der Waals surface area contributed by atoms with Crippen molar-refractivity contribution >= 4 is 53.0 Å². The molecule has 4 nitrogen and oxygen atoms in total. The lowest BCUT2D eigenvalue weighted by atomic mass is 10.2. The normalized spacial score (nSPS) is 11.9. The van der Waals surface area contributed by atoms with Crippen LogP contribution in [0.1, 0.15) is 51.4 Å². The van der Waals surface area contributed by atoms with E-state index >= 15 is 0 Å². The average Bonchev–Trinajstić information content (AvgIpc) is 2.38. The van der Waals surface area contributed by atoms with Crippen molar-refractivity contribution in [3.63, 3.8) is 0 Å². The van der Waals surface area contributed by atoms with Crippen molar-refractivity contribution in [1.82, 2.24) is 0 Å². The minimum Gasteiger partial charge on any atom is -0.285 e. The van der Waals surface area contributed by atoms with E-state index in [0.717, 1.165) is 47.4 Å². The minimum atomic E-state index is -4.06. The van der Waals surface area contributed by atoms with Crippen molar-refractivity contribution in [1.29, 1.82) is 0 Å². The van der Waals surface area contributed by atoms with Gasteiger partial charge in [-0.05, 0) is 34.5 Å². The van der Waals surface area contributed by atoms with Gasteiger partial charge in [0, 0.05) is 0 Å². The Morgan fingerprint density at radius 3 is 1.42 bits per heavy atom. The zero-order valence-corrected chi connectivity index (χ0v) is 16.5. The summed E-state index contributed by atoms with van der Waals surface area (Å²) in [4.78, 5) is 11.4. The molecule has 0 bridgehead atoms. The van der Waals surface area contributed by atoms with Gasteiger partial charge in [-0.2, -0.15) is 0 Å². The molecule has 0 fully saturated rings. The highest BCUT2D eigenvalue weighted by molar-refractivity contribution is 14.1. The Labute approximate surface area is 144 Å². The van der Waals surface area contributed by atoms with Gasteiger partial charge < -0.3 is 0 Å². The first-order chi connectivity index (χ1) is 9.12. The largest absolute Gasteiger partial charge is 0.502 e. The third-order valence-electron chi connectivity index (χ3n) is 2.55. The first kappa shape index (κ1) is 20.6. The predicted molar refractivity (Wildman–Crippen MR) is 94.9 cm³/mol. The highest BCUT2D eigenvalue weighted by Crippen LogP contribution is 2.44. The van der Waals surface area contributed by atoms with Gasteiger partial charge in [0.15, 0.2) is 0 Å². The minimum absolute atomic E-state index is 0.247. The first-order valence-corrected chi connectivity index (χ1v) is 11.4. The van der Waals surface area contributed by atoms with Crippen LogP contribution in [0, 0.1) is 0 Å². The monoisotopic (exact) mass is 517 g/mol. The Morgan fingerprint density at radius 2 is 1.05 bits per heavy atom. The molecular weight excluding hydrogens is 493 g/mol. The van der Waals surface area contributed by atoms with Crippen molar-refractivity contribution in [2.75, 3.05) is 22.1 Å². The number of hydrogen-bond acceptors (Lipinski definition) is 3. The fourth-order valence-electron chi connectivity index (χ4n) is 1.49. The Morgan fingerprint density at radius 1 is 0.684 bits per heavy atom. The lowest BCUT2D eigenvalue weighted by Crippen LogP contribution is -1.98. The molecule has 0 heterocycles. The molecule has 0 aromatic carbocycles. The summed E-state index contributed by atoms with van der Waals surface area (Å²) in [6, 6.07) is 0. The van der Waals surface area contributed by atoms with Crippen molar-refractivity contribution in [3.8, 4) is 0 Å². The topological polar surface area (TPSA) is 55.4 Å². The zero-order chi connectivity index (χ0) is 14.4. The fourth-order valence-corrected chi connectivity index (χ4v) is 3.35. The Kier molecular flexibility index (Phi) is 15.7. The fraction of sp³-hybridized carbons (Fsp3) is 1.00. The van der Waals surface area contributed by atoms with Crippen molar-refractivity contribution < 1.29 is 18.5 Å². The molecule has 0 aromatic heterocycles. The molecule has 0 aliphatic heterocycles. The molecule has 1 radical (unpaired) electrons. The van der Waals surface area contributed by atoms with Gasteiger partial charge in [0.1, 0.15) is 0 Å². The van der Waals surface area contributed by atoms with Crippen LogP contribution >= 0.6 is 53.0 Å². The van der Waals surface area contributed by atoms with E-state index in [-0.39, 0.29) is 13.2 Å². The van der Waals surface area contributed by atoms with E-state index in [1.54, 1.807) is 0 Å². The van der Waals surface area contributed by atoms with Crippen LogP contribution in [-0.4, -0.2) is 22.1 Å². The molecule has 0 amide bonds. The van der Waals surface area contributed by atoms with Crippen LogP contribution in [0.15, 0.2) is 0 Å². The number of alkyl halides is 2. The maximum absolute atomic E-state index is 11.4. The Hall–Kier alpha value is 1.57. The highest BCUT2D eigenvalue weighted by Gasteiger charge is 2.22. The van der Waals surface area contributed by atoms with Gasteiger partial charge in [0.25, 0.3) is 0 Å². The van der Waals surface area contributed by atoms with Gasteiger partial charge in [-0.15, -0.1) is 4.89 Å². The standard InChI is InChI=1S/C12H24I2O4P/c13-9-5-1-3-7-11-17-19(15,16)18-12-8-4-2-6-10-14/h1-12H2. The lowest BCUT2D eigenvalue weighted by molar-refractivity contribution is 0.124. The number of halogens is 2. The van der Waals surface area contributed by atoms with Crippen LogP contribution in [0.5, 0.6) is 0 Å². The summed E-state index contributed by atoms with van der Waals surface area (Å²) in [5, 5.41) is 0. The first-order valence-electron chi connectivity index (χ1n) is 6.84. The lowest BCUT2D eigenvalue weighted by Gasteiger charge is -2.10. The molecule has 0 aliphatic carbocycles. The molecule has 0 spiro atoms. The number of rotatable bonds is 14. The van der Waals surface area contributed by atoms with Gasteiger partial charge in [-0.3, -0.25) is 9.05 Å². The molecule has 0 rings (SSSR count). The Balaban J connectivity index is 3.39. The molecule has 0 N–H and O–H groups in total. The van der Waals surface area contributed by atoms with Gasteiger partial charge in [0.2, 0.25) is 0 Å². The van der Waals surface area contributed by atoms with Gasteiger partial charge in [-0.1, -0.05) is 70.9 Å². The SMILES string of the molecule is [O]P(=O)(OCCCCCCI)OCCCCCCI. The van der Waals surface area contributed by atoms with E-state index in [1.807, 2.05) is 0 Å². The molecule has 0 unspecified atom stereocenters. The van der Waals surface area contributed by atoms with E-state index in [9.17, 15) is 9.46 Å². The molecule has 0 saturated carbocycles. The molecule has 0 atom stereocenters. The summed E-state index contributed by atoms with van der Waals surface area (Å²) in [6.45, 7) is 0.494. The second kappa shape index (κ2) is 14.5. The summed E-state index contributed by atoms with van der Waals surface area (Å²) >= 11 is 4.68. The molecule has 7 heteroatoms. The van der Waals surface area contributed by atoms with E-state index < -0.39 is 7.82 Å². The quantitative estimate of drug-likeness (QED) is 0.132. The van der Waals surface area contributed by atoms with Gasteiger partial charge in [-0.25, -0.2) is 4.57 Å². The average molecular weight is 517 g/mol. The van der Waals surface area contributed by atoms with E-state index in [1.165, 1.54) is 12.8 Å². The van der Waals surface area contributed by atoms with Crippen molar-refractivity contribution in [2.45, 2.75) is 51.4 Å². The maximum Gasteiger partial charge on any atom is 0.502 e. The van der Waals surface area contributed by atoms with Crippen LogP contribution in [-0.2, 0) is 18.5 Å². The van der Waals surface area contributed by atoms with Crippen LogP contribution < -0.4 is 0 Å². The van der Waals surface area contributed by atoms with Gasteiger partial charge in [0.05, 0.1) is 13.2 Å². The molecule has 0 saturated heterocycles. The summed E-state index contributed by atoms with van der Waals surface area (Å²) in [7, 11) is -4.06. The summed E-state index contributed by atoms with van der Waals surface area (Å²) in [5.74, 6) is 0. The summed E-state index contributed by atoms with van der Waals surface area (Å²) in [5.41, 5.74) is 0. The third-order valence-corrected chi connectivity index (χ3v) is 5.08. The smallest absolute Gasteiger partial charge is 0.285 e. The predicted octanol–water partition coefficient (Wildman–Crippen LogP) is 5.55. The Bertz CT molecular complexity index is 222. The maximum atomic E-state index is 11.4. The zero-order valence-electron chi connectivity index (χ0n) is 11.3. The summed E-state index contributed by atoms with van der Waals surface area (Å²) < 4.78 is 23.3.